The Kier molecular flexibility index (Phi) is 3.82. The van der Waals surface area contributed by atoms with E-state index in [4.69, 9.17) is 11.6 Å². The lowest BCUT2D eigenvalue weighted by Gasteiger charge is -2.17. The zero-order valence-electron chi connectivity index (χ0n) is 10.9. The molecule has 1 aromatic heterocycles. The number of carbonyl (C=O) groups excluding carboxylic acids is 1. The number of carbonyl (C=O) groups is 1. The molecule has 1 N–H and O–H groups in total. The first-order valence-corrected chi connectivity index (χ1v) is 7.61. The van der Waals surface area contributed by atoms with Gasteiger partial charge in [0.2, 0.25) is 5.91 Å². The van der Waals surface area contributed by atoms with Crippen molar-refractivity contribution in [1.82, 2.24) is 9.78 Å². The lowest BCUT2D eigenvalue weighted by molar-refractivity contribution is -0.129. The monoisotopic (exact) mass is 347 g/mol. The summed E-state index contributed by atoms with van der Waals surface area (Å²) < 4.78 is 40.8. The summed E-state index contributed by atoms with van der Waals surface area (Å²) >= 11 is 6.34. The second-order valence-corrected chi connectivity index (χ2v) is 6.15. The first-order valence-electron chi connectivity index (χ1n) is 6.18. The number of hydrogen-bond acceptors (Lipinski definition) is 3. The highest BCUT2D eigenvalue weighted by molar-refractivity contribution is 8.00. The van der Waals surface area contributed by atoms with E-state index in [1.807, 2.05) is 0 Å². The number of aromatic nitrogens is 2. The molecule has 1 atom stereocenters. The Bertz CT molecular complexity index is 714. The van der Waals surface area contributed by atoms with Crippen LogP contribution in [0.15, 0.2) is 30.5 Å². The van der Waals surface area contributed by atoms with E-state index in [0.29, 0.717) is 22.5 Å². The van der Waals surface area contributed by atoms with E-state index in [9.17, 15) is 18.0 Å². The number of hydrogen-bond donors (Lipinski definition) is 1. The summed E-state index contributed by atoms with van der Waals surface area (Å²) in [6.07, 6.45) is -3.32. The molecule has 1 aromatic carbocycles. The maximum Gasteiger partial charge on any atom is 0.404 e. The van der Waals surface area contributed by atoms with Crippen LogP contribution in [0.3, 0.4) is 0 Å². The van der Waals surface area contributed by atoms with Crippen LogP contribution in [-0.4, -0.2) is 27.6 Å². The molecule has 2 aromatic rings. The van der Waals surface area contributed by atoms with Gasteiger partial charge in [-0.1, -0.05) is 11.6 Å². The lowest BCUT2D eigenvalue weighted by atomic mass is 10.2. The van der Waals surface area contributed by atoms with Gasteiger partial charge in [0, 0.05) is 10.6 Å². The first-order chi connectivity index (χ1) is 10.4. The van der Waals surface area contributed by atoms with Crippen LogP contribution in [0, 0.1) is 0 Å². The Morgan fingerprint density at radius 3 is 2.64 bits per heavy atom. The van der Waals surface area contributed by atoms with Crippen LogP contribution < -0.4 is 5.32 Å². The number of nitrogens with one attached hydrogen (secondary N) is 1. The molecule has 0 saturated heterocycles. The van der Waals surface area contributed by atoms with Crippen LogP contribution in [0.4, 0.5) is 19.0 Å². The summed E-state index contributed by atoms with van der Waals surface area (Å²) in [6, 6.07) is 6.42. The van der Waals surface area contributed by atoms with Crippen molar-refractivity contribution >= 4 is 35.1 Å². The molecule has 116 valence electrons. The summed E-state index contributed by atoms with van der Waals surface area (Å²) in [5.74, 6) is -0.715. The Hall–Kier alpha value is -1.67. The number of alkyl halides is 3. The Balaban J connectivity index is 2.11. The number of thioether (sulfide) groups is 1. The SMILES string of the molecule is O=C1CSC(C(F)(F)F)c2cnn(-c3ccc(Cl)cc3)c2N1. The van der Waals surface area contributed by atoms with Gasteiger partial charge in [0.05, 0.1) is 17.6 Å². The van der Waals surface area contributed by atoms with Crippen molar-refractivity contribution in [2.75, 3.05) is 11.1 Å². The standard InChI is InChI=1S/C13H9ClF3N3OS/c14-7-1-3-8(4-2-7)20-12-9(5-18-20)11(13(15,16)17)22-6-10(21)19-12/h1-5,11H,6H2,(H,19,21). The number of fused-ring (bicyclic) bond motifs is 1. The molecule has 22 heavy (non-hydrogen) atoms. The summed E-state index contributed by atoms with van der Waals surface area (Å²) in [7, 11) is 0. The number of rotatable bonds is 1. The largest absolute Gasteiger partial charge is 0.404 e. The maximum atomic E-state index is 13.2. The Morgan fingerprint density at radius 1 is 1.32 bits per heavy atom. The fourth-order valence-corrected chi connectivity index (χ4v) is 3.20. The van der Waals surface area contributed by atoms with E-state index in [1.165, 1.54) is 4.68 Å². The molecule has 1 aliphatic rings. The van der Waals surface area contributed by atoms with Crippen molar-refractivity contribution in [2.24, 2.45) is 0 Å². The van der Waals surface area contributed by atoms with Gasteiger partial charge >= 0.3 is 6.18 Å². The molecule has 0 spiro atoms. The van der Waals surface area contributed by atoms with Crippen molar-refractivity contribution in [3.8, 4) is 5.69 Å². The average Bonchev–Trinajstić information content (AvgIpc) is 2.74. The molecular weight excluding hydrogens is 339 g/mol. The minimum atomic E-state index is -4.46. The predicted molar refractivity (Wildman–Crippen MR) is 78.5 cm³/mol. The van der Waals surface area contributed by atoms with Crippen LogP contribution in [0.5, 0.6) is 0 Å². The number of amides is 1. The second-order valence-electron chi connectivity index (χ2n) is 4.62. The predicted octanol–water partition coefficient (Wildman–Crippen LogP) is 3.81. The smallest absolute Gasteiger partial charge is 0.310 e. The molecule has 1 aliphatic heterocycles. The zero-order chi connectivity index (χ0) is 15.9. The number of benzene rings is 1. The van der Waals surface area contributed by atoms with E-state index in [2.05, 4.69) is 10.4 Å². The van der Waals surface area contributed by atoms with Crippen LogP contribution in [0.25, 0.3) is 5.69 Å². The van der Waals surface area contributed by atoms with Gasteiger partial charge in [-0.3, -0.25) is 4.79 Å². The summed E-state index contributed by atoms with van der Waals surface area (Å²) in [5.41, 5.74) is 0.456. The van der Waals surface area contributed by atoms with E-state index < -0.39 is 17.3 Å². The van der Waals surface area contributed by atoms with E-state index in [-0.39, 0.29) is 17.1 Å². The summed E-state index contributed by atoms with van der Waals surface area (Å²) in [6.45, 7) is 0. The quantitative estimate of drug-likeness (QED) is 0.853. The van der Waals surface area contributed by atoms with Crippen molar-refractivity contribution in [3.63, 3.8) is 0 Å². The van der Waals surface area contributed by atoms with Crippen LogP contribution in [0.2, 0.25) is 5.02 Å². The summed E-state index contributed by atoms with van der Waals surface area (Å²) in [4.78, 5) is 11.7. The molecule has 0 aliphatic carbocycles. The zero-order valence-corrected chi connectivity index (χ0v) is 12.5. The van der Waals surface area contributed by atoms with Gasteiger partial charge in [-0.05, 0) is 24.3 Å². The van der Waals surface area contributed by atoms with Gasteiger partial charge in [-0.25, -0.2) is 4.68 Å². The van der Waals surface area contributed by atoms with Gasteiger partial charge in [0.1, 0.15) is 11.1 Å². The molecule has 0 fully saturated rings. The second kappa shape index (κ2) is 5.51. The molecule has 2 heterocycles. The third kappa shape index (κ3) is 2.80. The van der Waals surface area contributed by atoms with Crippen LogP contribution in [-0.2, 0) is 4.79 Å². The van der Waals surface area contributed by atoms with Crippen molar-refractivity contribution in [3.05, 3.63) is 41.0 Å². The fourth-order valence-electron chi connectivity index (χ4n) is 2.14. The van der Waals surface area contributed by atoms with Gasteiger partial charge in [0.25, 0.3) is 0 Å². The van der Waals surface area contributed by atoms with Crippen LogP contribution >= 0.6 is 23.4 Å². The van der Waals surface area contributed by atoms with Gasteiger partial charge < -0.3 is 5.32 Å². The van der Waals surface area contributed by atoms with Gasteiger partial charge in [0.15, 0.2) is 0 Å². The van der Waals surface area contributed by atoms with E-state index >= 15 is 0 Å². The van der Waals surface area contributed by atoms with Gasteiger partial charge in [-0.15, -0.1) is 11.8 Å². The van der Waals surface area contributed by atoms with Crippen molar-refractivity contribution in [1.29, 1.82) is 0 Å². The molecule has 0 saturated carbocycles. The maximum absolute atomic E-state index is 13.2. The Labute approximate surface area is 132 Å². The molecule has 1 unspecified atom stereocenters. The lowest BCUT2D eigenvalue weighted by Crippen LogP contribution is -2.17. The topological polar surface area (TPSA) is 46.9 Å². The number of nitrogens with zero attached hydrogens (tertiary/aromatic N) is 2. The Morgan fingerprint density at radius 2 is 2.00 bits per heavy atom. The molecule has 1 amide bonds. The third-order valence-electron chi connectivity index (χ3n) is 3.09. The minimum absolute atomic E-state index is 0.0413. The normalized spacial score (nSPS) is 18.5. The highest BCUT2D eigenvalue weighted by Gasteiger charge is 2.45. The molecule has 4 nitrogen and oxygen atoms in total. The van der Waals surface area contributed by atoms with Crippen molar-refractivity contribution < 1.29 is 18.0 Å². The molecule has 0 radical (unpaired) electrons. The van der Waals surface area contributed by atoms with Crippen LogP contribution in [0.1, 0.15) is 10.8 Å². The first kappa shape index (κ1) is 15.2. The number of anilines is 1. The minimum Gasteiger partial charge on any atom is -0.310 e. The third-order valence-corrected chi connectivity index (χ3v) is 4.62. The highest BCUT2D eigenvalue weighted by atomic mass is 35.5. The summed E-state index contributed by atoms with van der Waals surface area (Å²) in [5, 5.41) is 5.18. The molecule has 9 heteroatoms. The number of halogens is 4. The van der Waals surface area contributed by atoms with E-state index in [1.54, 1.807) is 24.3 Å². The fraction of sp³-hybridized carbons (Fsp3) is 0.231. The molecule has 0 bridgehead atoms. The molecule has 3 rings (SSSR count). The highest BCUT2D eigenvalue weighted by Crippen LogP contribution is 2.47. The van der Waals surface area contributed by atoms with Gasteiger partial charge in [-0.2, -0.15) is 18.3 Å². The average molecular weight is 348 g/mol. The molecular formula is C13H9ClF3N3OS. The van der Waals surface area contributed by atoms with Crippen molar-refractivity contribution in [2.45, 2.75) is 11.4 Å². The van der Waals surface area contributed by atoms with E-state index in [0.717, 1.165) is 6.20 Å².